The topological polar surface area (TPSA) is 37.4 Å². The molecule has 0 bridgehead atoms. The molecule has 7 heteroatoms. The largest absolute Gasteiger partial charge is 0.253 e. The molecule has 0 aliphatic carbocycles. The SMILES string of the molecule is CC(C)N(CCCBr)S(=O)(=O)c1sccc1Br. The monoisotopic (exact) mass is 403 g/mol. The highest BCUT2D eigenvalue weighted by molar-refractivity contribution is 9.10. The van der Waals surface area contributed by atoms with Gasteiger partial charge in [-0.25, -0.2) is 8.42 Å². The van der Waals surface area contributed by atoms with Gasteiger partial charge in [0, 0.05) is 22.4 Å². The van der Waals surface area contributed by atoms with Crippen LogP contribution in [-0.4, -0.2) is 30.6 Å². The lowest BCUT2D eigenvalue weighted by Crippen LogP contribution is -2.37. The van der Waals surface area contributed by atoms with E-state index in [9.17, 15) is 8.42 Å². The summed E-state index contributed by atoms with van der Waals surface area (Å²) in [7, 11) is -3.38. The second-order valence-electron chi connectivity index (χ2n) is 3.81. The molecular weight excluding hydrogens is 390 g/mol. The van der Waals surface area contributed by atoms with Crippen molar-refractivity contribution in [3.05, 3.63) is 15.9 Å². The Hall–Kier alpha value is 0.570. The van der Waals surface area contributed by atoms with Crippen molar-refractivity contribution >= 4 is 53.2 Å². The summed E-state index contributed by atoms with van der Waals surface area (Å²) >= 11 is 7.86. The van der Waals surface area contributed by atoms with Gasteiger partial charge in [-0.1, -0.05) is 15.9 Å². The van der Waals surface area contributed by atoms with Crippen LogP contribution in [-0.2, 0) is 10.0 Å². The summed E-state index contributed by atoms with van der Waals surface area (Å²) in [5, 5.41) is 2.58. The molecule has 0 spiro atoms. The van der Waals surface area contributed by atoms with Crippen LogP contribution < -0.4 is 0 Å². The Morgan fingerprint density at radius 3 is 2.53 bits per heavy atom. The molecule has 0 fully saturated rings. The fourth-order valence-corrected chi connectivity index (χ4v) is 5.79. The summed E-state index contributed by atoms with van der Waals surface area (Å²) in [6, 6.07) is 1.73. The van der Waals surface area contributed by atoms with Gasteiger partial charge in [-0.3, -0.25) is 0 Å². The third-order valence-electron chi connectivity index (χ3n) is 2.22. The highest BCUT2D eigenvalue weighted by Gasteiger charge is 2.29. The molecule has 0 aliphatic rings. The van der Waals surface area contributed by atoms with E-state index in [0.29, 0.717) is 15.2 Å². The zero-order valence-corrected chi connectivity index (χ0v) is 14.5. The molecule has 0 radical (unpaired) electrons. The van der Waals surface area contributed by atoms with Gasteiger partial charge < -0.3 is 0 Å². The molecule has 98 valence electrons. The van der Waals surface area contributed by atoms with Crippen LogP contribution in [0, 0.1) is 0 Å². The Morgan fingerprint density at radius 1 is 1.47 bits per heavy atom. The van der Waals surface area contributed by atoms with Crippen molar-refractivity contribution in [2.45, 2.75) is 30.5 Å². The van der Waals surface area contributed by atoms with Crippen molar-refractivity contribution in [3.63, 3.8) is 0 Å². The lowest BCUT2D eigenvalue weighted by molar-refractivity contribution is 0.356. The number of hydrogen-bond donors (Lipinski definition) is 0. The summed E-state index contributed by atoms with van der Waals surface area (Å²) in [5.41, 5.74) is 0. The van der Waals surface area contributed by atoms with E-state index in [1.165, 1.54) is 11.3 Å². The average molecular weight is 405 g/mol. The Kier molecular flexibility index (Phi) is 6.12. The maximum Gasteiger partial charge on any atom is 0.253 e. The Labute approximate surface area is 124 Å². The van der Waals surface area contributed by atoms with Crippen LogP contribution in [0.2, 0.25) is 0 Å². The van der Waals surface area contributed by atoms with Gasteiger partial charge in [-0.05, 0) is 47.6 Å². The number of alkyl halides is 1. The number of rotatable bonds is 6. The second-order valence-corrected chi connectivity index (χ2v) is 8.46. The molecule has 1 aromatic heterocycles. The van der Waals surface area contributed by atoms with E-state index < -0.39 is 10.0 Å². The zero-order chi connectivity index (χ0) is 13.1. The molecule has 0 unspecified atom stereocenters. The highest BCUT2D eigenvalue weighted by atomic mass is 79.9. The van der Waals surface area contributed by atoms with E-state index >= 15 is 0 Å². The van der Waals surface area contributed by atoms with Crippen LogP contribution in [0.3, 0.4) is 0 Å². The van der Waals surface area contributed by atoms with Gasteiger partial charge in [-0.2, -0.15) is 4.31 Å². The number of sulfonamides is 1. The molecule has 3 nitrogen and oxygen atoms in total. The average Bonchev–Trinajstić information content (AvgIpc) is 2.64. The number of nitrogens with zero attached hydrogens (tertiary/aromatic N) is 1. The zero-order valence-electron chi connectivity index (χ0n) is 9.69. The molecule has 0 N–H and O–H groups in total. The van der Waals surface area contributed by atoms with Crippen molar-refractivity contribution in [2.24, 2.45) is 0 Å². The van der Waals surface area contributed by atoms with E-state index in [1.807, 2.05) is 13.8 Å². The minimum atomic E-state index is -3.38. The number of hydrogen-bond acceptors (Lipinski definition) is 3. The van der Waals surface area contributed by atoms with E-state index in [2.05, 4.69) is 31.9 Å². The predicted octanol–water partition coefficient (Wildman–Crippen LogP) is 3.69. The molecule has 1 rings (SSSR count). The minimum absolute atomic E-state index is 0.0342. The van der Waals surface area contributed by atoms with Gasteiger partial charge in [0.25, 0.3) is 10.0 Å². The minimum Gasteiger partial charge on any atom is -0.206 e. The first-order chi connectivity index (χ1) is 7.91. The summed E-state index contributed by atoms with van der Waals surface area (Å²) < 4.78 is 27.5. The first-order valence-electron chi connectivity index (χ1n) is 5.22. The molecule has 0 atom stereocenters. The standard InChI is InChI=1S/C10H15Br2NO2S2/c1-8(2)13(6-3-5-11)17(14,15)10-9(12)4-7-16-10/h4,7-8H,3,5-6H2,1-2H3. The van der Waals surface area contributed by atoms with E-state index in [0.717, 1.165) is 11.8 Å². The number of thiophene rings is 1. The lowest BCUT2D eigenvalue weighted by Gasteiger charge is -2.25. The quantitative estimate of drug-likeness (QED) is 0.678. The molecule has 0 aliphatic heterocycles. The highest BCUT2D eigenvalue weighted by Crippen LogP contribution is 2.31. The van der Waals surface area contributed by atoms with Gasteiger partial charge in [0.1, 0.15) is 4.21 Å². The van der Waals surface area contributed by atoms with Crippen molar-refractivity contribution in [2.75, 3.05) is 11.9 Å². The lowest BCUT2D eigenvalue weighted by atomic mass is 10.4. The summed E-state index contributed by atoms with van der Waals surface area (Å²) in [4.78, 5) is 0. The summed E-state index contributed by atoms with van der Waals surface area (Å²) in [6.45, 7) is 4.33. The Bertz CT molecular complexity index is 457. The molecule has 0 saturated carbocycles. The molecule has 1 aromatic rings. The Balaban J connectivity index is 3.05. The van der Waals surface area contributed by atoms with Crippen molar-refractivity contribution in [1.82, 2.24) is 4.31 Å². The molecular formula is C10H15Br2NO2S2. The smallest absolute Gasteiger partial charge is 0.206 e. The third-order valence-corrected chi connectivity index (χ3v) is 7.50. The van der Waals surface area contributed by atoms with Gasteiger partial charge >= 0.3 is 0 Å². The fourth-order valence-electron chi connectivity index (χ4n) is 1.44. The van der Waals surface area contributed by atoms with Crippen molar-refractivity contribution < 1.29 is 8.42 Å². The summed E-state index contributed by atoms with van der Waals surface area (Å²) in [6.07, 6.45) is 0.806. The predicted molar refractivity (Wildman–Crippen MR) is 79.5 cm³/mol. The van der Waals surface area contributed by atoms with Crippen LogP contribution in [0.15, 0.2) is 20.1 Å². The number of halogens is 2. The Morgan fingerprint density at radius 2 is 2.12 bits per heavy atom. The maximum atomic E-state index is 12.5. The normalized spacial score (nSPS) is 12.6. The first-order valence-corrected chi connectivity index (χ1v) is 9.45. The van der Waals surface area contributed by atoms with Gasteiger partial charge in [-0.15, -0.1) is 11.3 Å². The van der Waals surface area contributed by atoms with Crippen LogP contribution in [0.1, 0.15) is 20.3 Å². The van der Waals surface area contributed by atoms with Gasteiger partial charge in [0.05, 0.1) is 0 Å². The maximum absolute atomic E-state index is 12.5. The van der Waals surface area contributed by atoms with Crippen LogP contribution in [0.25, 0.3) is 0 Å². The molecule has 0 aromatic carbocycles. The van der Waals surface area contributed by atoms with E-state index in [-0.39, 0.29) is 6.04 Å². The fraction of sp³-hybridized carbons (Fsp3) is 0.600. The van der Waals surface area contributed by atoms with Gasteiger partial charge in [0.2, 0.25) is 0 Å². The van der Waals surface area contributed by atoms with Gasteiger partial charge in [0.15, 0.2) is 0 Å². The molecule has 0 saturated heterocycles. The van der Waals surface area contributed by atoms with Crippen LogP contribution in [0.4, 0.5) is 0 Å². The second kappa shape index (κ2) is 6.65. The van der Waals surface area contributed by atoms with E-state index in [4.69, 9.17) is 0 Å². The molecule has 0 amide bonds. The molecule has 1 heterocycles. The van der Waals surface area contributed by atoms with Crippen LogP contribution in [0.5, 0.6) is 0 Å². The summed E-state index contributed by atoms with van der Waals surface area (Å²) in [5.74, 6) is 0. The first kappa shape index (κ1) is 15.6. The van der Waals surface area contributed by atoms with Crippen LogP contribution >= 0.6 is 43.2 Å². The molecule has 17 heavy (non-hydrogen) atoms. The van der Waals surface area contributed by atoms with Crippen molar-refractivity contribution in [3.8, 4) is 0 Å². The van der Waals surface area contributed by atoms with E-state index in [1.54, 1.807) is 15.8 Å². The third kappa shape index (κ3) is 3.76. The van der Waals surface area contributed by atoms with Crippen molar-refractivity contribution in [1.29, 1.82) is 0 Å².